The second kappa shape index (κ2) is 9.30. The first-order chi connectivity index (χ1) is 14.3. The normalized spacial score (nSPS) is 11.8. The van der Waals surface area contributed by atoms with Crippen LogP contribution >= 0.6 is 23.2 Å². The van der Waals surface area contributed by atoms with Crippen LogP contribution in [-0.2, 0) is 10.0 Å². The molecule has 0 saturated heterocycles. The third kappa shape index (κ3) is 5.38. The fraction of sp³-hybridized carbons (Fsp3) is 0.0476. The molecule has 0 saturated carbocycles. The second-order valence-corrected chi connectivity index (χ2v) is 8.78. The van der Waals surface area contributed by atoms with Gasteiger partial charge in [-0.2, -0.15) is 5.10 Å². The Morgan fingerprint density at radius 1 is 0.900 bits per heavy atom. The third-order valence-corrected chi connectivity index (χ3v) is 6.06. The molecule has 2 N–H and O–H groups in total. The molecule has 0 atom stereocenters. The Hall–Kier alpha value is -2.87. The molecule has 154 valence electrons. The smallest absolute Gasteiger partial charge is 0.271 e. The minimum Gasteiger partial charge on any atom is -0.278 e. The number of hydrazone groups is 1. The Labute approximate surface area is 184 Å². The molecule has 3 aromatic carbocycles. The molecule has 0 aromatic heterocycles. The molecule has 0 radical (unpaired) electrons. The number of halogens is 2. The van der Waals surface area contributed by atoms with Crippen molar-refractivity contribution < 1.29 is 13.2 Å². The van der Waals surface area contributed by atoms with E-state index in [0.717, 1.165) is 5.56 Å². The van der Waals surface area contributed by atoms with Gasteiger partial charge >= 0.3 is 0 Å². The molecular weight excluding hydrogens is 445 g/mol. The summed E-state index contributed by atoms with van der Waals surface area (Å²) in [6.07, 6.45) is 0. The van der Waals surface area contributed by atoms with E-state index in [1.54, 1.807) is 55.5 Å². The molecule has 6 nitrogen and oxygen atoms in total. The number of amides is 1. The van der Waals surface area contributed by atoms with Gasteiger partial charge < -0.3 is 0 Å². The lowest BCUT2D eigenvalue weighted by Gasteiger charge is -2.10. The number of nitrogens with one attached hydrogen (secondary N) is 2. The first kappa shape index (κ1) is 21.8. The summed E-state index contributed by atoms with van der Waals surface area (Å²) in [4.78, 5) is 12.4. The fourth-order valence-corrected chi connectivity index (χ4v) is 4.00. The number of para-hydroxylation sites is 1. The van der Waals surface area contributed by atoms with Crippen molar-refractivity contribution in [2.24, 2.45) is 5.10 Å². The average Bonchev–Trinajstić information content (AvgIpc) is 2.74. The first-order valence-corrected chi connectivity index (χ1v) is 11.0. The summed E-state index contributed by atoms with van der Waals surface area (Å²) in [6, 6.07) is 19.1. The molecule has 0 aliphatic heterocycles. The minimum atomic E-state index is -3.93. The highest BCUT2D eigenvalue weighted by Gasteiger charge is 2.17. The summed E-state index contributed by atoms with van der Waals surface area (Å²) < 4.78 is 27.8. The lowest BCUT2D eigenvalue weighted by atomic mass is 10.1. The number of sulfonamides is 1. The van der Waals surface area contributed by atoms with E-state index in [1.165, 1.54) is 24.3 Å². The number of hydrogen-bond donors (Lipinski definition) is 2. The van der Waals surface area contributed by atoms with E-state index in [1.807, 2.05) is 0 Å². The number of benzene rings is 3. The predicted molar refractivity (Wildman–Crippen MR) is 120 cm³/mol. The van der Waals surface area contributed by atoms with Crippen molar-refractivity contribution in [2.45, 2.75) is 11.8 Å². The van der Waals surface area contributed by atoms with Crippen molar-refractivity contribution in [2.75, 3.05) is 4.72 Å². The van der Waals surface area contributed by atoms with E-state index < -0.39 is 15.9 Å². The molecule has 0 aliphatic carbocycles. The SMILES string of the molecule is C/C(=N/NC(=O)c1cccc(S(=O)(=O)Nc2ccccc2Cl)c1)c1ccc(Cl)cc1. The van der Waals surface area contributed by atoms with E-state index in [4.69, 9.17) is 23.2 Å². The van der Waals surface area contributed by atoms with Gasteiger partial charge in [0.1, 0.15) is 0 Å². The Bertz CT molecular complexity index is 1210. The zero-order valence-electron chi connectivity index (χ0n) is 15.8. The number of rotatable bonds is 6. The molecule has 30 heavy (non-hydrogen) atoms. The van der Waals surface area contributed by atoms with E-state index in [2.05, 4.69) is 15.2 Å². The van der Waals surface area contributed by atoms with Crippen molar-refractivity contribution in [1.29, 1.82) is 0 Å². The van der Waals surface area contributed by atoms with Gasteiger partial charge in [0.2, 0.25) is 0 Å². The van der Waals surface area contributed by atoms with E-state index in [9.17, 15) is 13.2 Å². The van der Waals surface area contributed by atoms with Crippen LogP contribution in [0.5, 0.6) is 0 Å². The van der Waals surface area contributed by atoms with Gasteiger partial charge in [-0.05, 0) is 55.0 Å². The number of nitrogens with zero attached hydrogens (tertiary/aromatic N) is 1. The number of carbonyl (C=O) groups is 1. The van der Waals surface area contributed by atoms with Crippen molar-refractivity contribution in [3.63, 3.8) is 0 Å². The van der Waals surface area contributed by atoms with E-state index >= 15 is 0 Å². The highest BCUT2D eigenvalue weighted by atomic mass is 35.5. The van der Waals surface area contributed by atoms with E-state index in [0.29, 0.717) is 10.7 Å². The van der Waals surface area contributed by atoms with Crippen LogP contribution in [0.3, 0.4) is 0 Å². The molecule has 9 heteroatoms. The van der Waals surface area contributed by atoms with E-state index in [-0.39, 0.29) is 21.2 Å². The van der Waals surface area contributed by atoms with Gasteiger partial charge in [0.05, 0.1) is 21.3 Å². The largest absolute Gasteiger partial charge is 0.278 e. The first-order valence-electron chi connectivity index (χ1n) is 8.74. The summed E-state index contributed by atoms with van der Waals surface area (Å²) in [6.45, 7) is 1.73. The molecule has 0 aliphatic rings. The number of anilines is 1. The van der Waals surface area contributed by atoms with Gasteiger partial charge in [-0.1, -0.05) is 53.5 Å². The van der Waals surface area contributed by atoms with Crippen molar-refractivity contribution in [1.82, 2.24) is 5.43 Å². The summed E-state index contributed by atoms with van der Waals surface area (Å²) in [5, 5.41) is 4.93. The van der Waals surface area contributed by atoms with Crippen LogP contribution < -0.4 is 10.1 Å². The maximum atomic E-state index is 12.7. The zero-order chi connectivity index (χ0) is 21.7. The van der Waals surface area contributed by atoms with Gasteiger partial charge in [-0.3, -0.25) is 9.52 Å². The van der Waals surface area contributed by atoms with Gasteiger partial charge in [0.25, 0.3) is 15.9 Å². The van der Waals surface area contributed by atoms with Crippen LogP contribution in [0.1, 0.15) is 22.8 Å². The molecule has 0 bridgehead atoms. The highest BCUT2D eigenvalue weighted by molar-refractivity contribution is 7.92. The fourth-order valence-electron chi connectivity index (χ4n) is 2.51. The van der Waals surface area contributed by atoms with Crippen molar-refractivity contribution in [3.8, 4) is 0 Å². The van der Waals surface area contributed by atoms with Gasteiger partial charge in [0, 0.05) is 10.6 Å². The maximum Gasteiger partial charge on any atom is 0.271 e. The molecule has 0 spiro atoms. The van der Waals surface area contributed by atoms with Gasteiger partial charge in [-0.15, -0.1) is 0 Å². The molecule has 0 fully saturated rings. The molecule has 0 unspecified atom stereocenters. The summed E-state index contributed by atoms with van der Waals surface area (Å²) in [7, 11) is -3.93. The van der Waals surface area contributed by atoms with Crippen LogP contribution in [0.4, 0.5) is 5.69 Å². The minimum absolute atomic E-state index is 0.0755. The molecule has 1 amide bonds. The molecule has 3 rings (SSSR count). The monoisotopic (exact) mass is 461 g/mol. The molecular formula is C21H17Cl2N3O3S. The third-order valence-electron chi connectivity index (χ3n) is 4.11. The van der Waals surface area contributed by atoms with Crippen molar-refractivity contribution in [3.05, 3.63) is 94.0 Å². The zero-order valence-corrected chi connectivity index (χ0v) is 18.1. The summed E-state index contributed by atoms with van der Waals surface area (Å²) in [5.41, 5.74) is 4.18. The Morgan fingerprint density at radius 3 is 2.30 bits per heavy atom. The predicted octanol–water partition coefficient (Wildman–Crippen LogP) is 4.95. The van der Waals surface area contributed by atoms with Crippen molar-refractivity contribution >= 4 is 50.5 Å². The summed E-state index contributed by atoms with van der Waals surface area (Å²) in [5.74, 6) is -0.543. The Morgan fingerprint density at radius 2 is 1.60 bits per heavy atom. The van der Waals surface area contributed by atoms with Gasteiger partial charge in [0.15, 0.2) is 0 Å². The Kier molecular flexibility index (Phi) is 6.77. The van der Waals surface area contributed by atoms with Crippen LogP contribution in [0.25, 0.3) is 0 Å². The van der Waals surface area contributed by atoms with Gasteiger partial charge in [-0.25, -0.2) is 13.8 Å². The second-order valence-electron chi connectivity index (χ2n) is 6.26. The lowest BCUT2D eigenvalue weighted by molar-refractivity contribution is 0.0954. The quantitative estimate of drug-likeness (QED) is 0.402. The average molecular weight is 462 g/mol. The number of hydrogen-bond acceptors (Lipinski definition) is 4. The van der Waals surface area contributed by atoms with Crippen LogP contribution in [0.15, 0.2) is 82.8 Å². The topological polar surface area (TPSA) is 87.6 Å². The van der Waals surface area contributed by atoms with Crippen LogP contribution in [0.2, 0.25) is 10.0 Å². The summed E-state index contributed by atoms with van der Waals surface area (Å²) >= 11 is 11.9. The molecule has 0 heterocycles. The lowest BCUT2D eigenvalue weighted by Crippen LogP contribution is -2.20. The maximum absolute atomic E-state index is 12.7. The van der Waals surface area contributed by atoms with Crippen LogP contribution in [-0.4, -0.2) is 20.0 Å². The Balaban J connectivity index is 1.77. The van der Waals surface area contributed by atoms with Crippen LogP contribution in [0, 0.1) is 0 Å². The number of carbonyl (C=O) groups excluding carboxylic acids is 1. The molecule has 3 aromatic rings. The highest BCUT2D eigenvalue weighted by Crippen LogP contribution is 2.24. The standard InChI is InChI=1S/C21H17Cl2N3O3S/c1-14(15-9-11-17(22)12-10-15)24-25-21(27)16-5-4-6-18(13-16)30(28,29)26-20-8-3-2-7-19(20)23/h2-13,26H,1H3,(H,25,27)/b24-14-.